The Morgan fingerprint density at radius 2 is 0.658 bits per heavy atom. The average molecular weight is 555 g/mol. The molecule has 8 heteroatoms. The Kier molecular flexibility index (Phi) is 18.0. The zero-order valence-electron chi connectivity index (χ0n) is 22.8. The van der Waals surface area contributed by atoms with Crippen molar-refractivity contribution < 1.29 is 36.6 Å². The highest BCUT2D eigenvalue weighted by Gasteiger charge is 2.37. The number of aliphatic hydroxyl groups is 2. The first kappa shape index (κ1) is 34.7. The predicted molar refractivity (Wildman–Crippen MR) is 141 cm³/mol. The summed E-state index contributed by atoms with van der Waals surface area (Å²) in [5.74, 6) is 0. The lowest BCUT2D eigenvalue weighted by Crippen LogP contribution is -2.28. The lowest BCUT2D eigenvalue weighted by Gasteiger charge is -2.13. The quantitative estimate of drug-likeness (QED) is 0.111. The van der Waals surface area contributed by atoms with E-state index in [1.165, 1.54) is 11.1 Å². The second kappa shape index (κ2) is 19.7. The summed E-state index contributed by atoms with van der Waals surface area (Å²) in [6.45, 7) is 0. The fourth-order valence-electron chi connectivity index (χ4n) is 4.65. The zero-order chi connectivity index (χ0) is 28.3. The molecular formula is C30H48F6O2. The first-order valence-corrected chi connectivity index (χ1v) is 14.6. The maximum Gasteiger partial charge on any atom is 0.414 e. The molecule has 2 nitrogen and oxygen atoms in total. The monoisotopic (exact) mass is 554 g/mol. The molecule has 1 rings (SSSR count). The largest absolute Gasteiger partial charge is 0.414 e. The Balaban J connectivity index is 1.93. The molecule has 222 valence electrons. The van der Waals surface area contributed by atoms with Crippen LogP contribution >= 0.6 is 0 Å². The van der Waals surface area contributed by atoms with E-state index >= 15 is 0 Å². The average Bonchev–Trinajstić information content (AvgIpc) is 2.85. The van der Waals surface area contributed by atoms with Crippen LogP contribution in [0.25, 0.3) is 0 Å². The van der Waals surface area contributed by atoms with Crippen molar-refractivity contribution in [2.75, 3.05) is 0 Å². The van der Waals surface area contributed by atoms with Gasteiger partial charge in [-0.1, -0.05) is 114 Å². The molecule has 0 unspecified atom stereocenters. The molecule has 0 aromatic heterocycles. The minimum Gasteiger partial charge on any atom is -0.384 e. The lowest BCUT2D eigenvalue weighted by molar-refractivity contribution is -0.206. The molecule has 0 aliphatic rings. The molecule has 0 fully saturated rings. The third-order valence-corrected chi connectivity index (χ3v) is 7.16. The summed E-state index contributed by atoms with van der Waals surface area (Å²) in [6.07, 6.45) is 3.69. The van der Waals surface area contributed by atoms with Crippen LogP contribution in [0, 0.1) is 0 Å². The van der Waals surface area contributed by atoms with Crippen LogP contribution in [0.3, 0.4) is 0 Å². The number of unbranched alkanes of at least 4 members (excludes halogenated alkanes) is 14. The molecule has 0 aliphatic heterocycles. The van der Waals surface area contributed by atoms with Crippen LogP contribution in [-0.4, -0.2) is 34.8 Å². The number of aliphatic hydroxyl groups excluding tert-OH is 2. The van der Waals surface area contributed by atoms with Crippen molar-refractivity contribution in [2.24, 2.45) is 0 Å². The first-order chi connectivity index (χ1) is 18.0. The number of benzene rings is 1. The standard InChI is InChI=1S/C30H48F6O2/c31-29(32,33)27(37)19-15-11-7-3-1-5-9-13-17-25-21-23-26(24-22-25)18-14-10-6-2-4-8-12-16-20-28(38)30(34,35)36/h21-24,27-28,37-38H,1-20H2/t27-,28-/m1/s1. The van der Waals surface area contributed by atoms with E-state index in [-0.39, 0.29) is 12.8 Å². The molecule has 1 aromatic rings. The van der Waals surface area contributed by atoms with E-state index in [1.54, 1.807) is 0 Å². The number of alkyl halides is 6. The minimum absolute atomic E-state index is 0.197. The second-order valence-corrected chi connectivity index (χ2v) is 10.7. The Bertz CT molecular complexity index is 628. The highest BCUT2D eigenvalue weighted by Crippen LogP contribution is 2.25. The van der Waals surface area contributed by atoms with Crippen molar-refractivity contribution in [1.82, 2.24) is 0 Å². The van der Waals surface area contributed by atoms with E-state index in [2.05, 4.69) is 24.3 Å². The van der Waals surface area contributed by atoms with Crippen molar-refractivity contribution in [3.05, 3.63) is 35.4 Å². The van der Waals surface area contributed by atoms with Gasteiger partial charge in [0.1, 0.15) is 12.2 Å². The van der Waals surface area contributed by atoms with Crippen molar-refractivity contribution in [3.63, 3.8) is 0 Å². The second-order valence-electron chi connectivity index (χ2n) is 10.7. The van der Waals surface area contributed by atoms with Gasteiger partial charge < -0.3 is 10.2 Å². The molecule has 38 heavy (non-hydrogen) atoms. The van der Waals surface area contributed by atoms with Crippen LogP contribution in [0.1, 0.15) is 127 Å². The van der Waals surface area contributed by atoms with Crippen molar-refractivity contribution in [1.29, 1.82) is 0 Å². The van der Waals surface area contributed by atoms with Crippen LogP contribution in [0.15, 0.2) is 24.3 Å². The summed E-state index contributed by atoms with van der Waals surface area (Å²) in [4.78, 5) is 0. The smallest absolute Gasteiger partial charge is 0.384 e. The Labute approximate surface area is 225 Å². The van der Waals surface area contributed by atoms with Gasteiger partial charge in [-0.3, -0.25) is 0 Å². The fourth-order valence-corrected chi connectivity index (χ4v) is 4.65. The van der Waals surface area contributed by atoms with Gasteiger partial charge in [0.15, 0.2) is 0 Å². The Morgan fingerprint density at radius 3 is 0.921 bits per heavy atom. The fraction of sp³-hybridized carbons (Fsp3) is 0.800. The maximum absolute atomic E-state index is 12.2. The van der Waals surface area contributed by atoms with E-state index in [1.807, 2.05) is 0 Å². The van der Waals surface area contributed by atoms with Gasteiger partial charge in [-0.15, -0.1) is 0 Å². The highest BCUT2D eigenvalue weighted by atomic mass is 19.4. The summed E-state index contributed by atoms with van der Waals surface area (Å²) in [6, 6.07) is 8.84. The summed E-state index contributed by atoms with van der Waals surface area (Å²) in [7, 11) is 0. The van der Waals surface area contributed by atoms with Gasteiger partial charge in [0.05, 0.1) is 0 Å². The molecule has 1 aromatic carbocycles. The van der Waals surface area contributed by atoms with Gasteiger partial charge in [0.2, 0.25) is 0 Å². The van der Waals surface area contributed by atoms with Crippen LogP contribution in [0.5, 0.6) is 0 Å². The van der Waals surface area contributed by atoms with Gasteiger partial charge in [-0.05, 0) is 49.7 Å². The molecular weight excluding hydrogens is 506 g/mol. The van der Waals surface area contributed by atoms with E-state index in [0.717, 1.165) is 103 Å². The van der Waals surface area contributed by atoms with Crippen molar-refractivity contribution in [2.45, 2.75) is 153 Å². The van der Waals surface area contributed by atoms with E-state index in [0.29, 0.717) is 12.8 Å². The van der Waals surface area contributed by atoms with Crippen molar-refractivity contribution in [3.8, 4) is 0 Å². The molecule has 0 radical (unpaired) electrons. The summed E-state index contributed by atoms with van der Waals surface area (Å²) in [5, 5.41) is 17.9. The van der Waals surface area contributed by atoms with Crippen molar-refractivity contribution >= 4 is 0 Å². The minimum atomic E-state index is -4.49. The molecule has 0 saturated heterocycles. The molecule has 0 saturated carbocycles. The summed E-state index contributed by atoms with van der Waals surface area (Å²) < 4.78 is 73.4. The van der Waals surface area contributed by atoms with E-state index in [4.69, 9.17) is 10.2 Å². The maximum atomic E-state index is 12.2. The number of aryl methyl sites for hydroxylation is 2. The Morgan fingerprint density at radius 1 is 0.421 bits per heavy atom. The number of halogens is 6. The summed E-state index contributed by atoms with van der Waals surface area (Å²) in [5.41, 5.74) is 2.69. The molecule has 0 amide bonds. The third-order valence-electron chi connectivity index (χ3n) is 7.16. The normalized spacial score (nSPS) is 14.1. The molecule has 2 atom stereocenters. The van der Waals surface area contributed by atoms with Gasteiger partial charge >= 0.3 is 12.4 Å². The zero-order valence-corrected chi connectivity index (χ0v) is 22.8. The molecule has 2 N–H and O–H groups in total. The van der Waals surface area contributed by atoms with Gasteiger partial charge in [-0.2, -0.15) is 26.3 Å². The predicted octanol–water partition coefficient (Wildman–Crippen LogP) is 9.64. The molecule has 0 bridgehead atoms. The third kappa shape index (κ3) is 18.1. The molecule has 0 heterocycles. The molecule has 0 aliphatic carbocycles. The van der Waals surface area contributed by atoms with Crippen LogP contribution in [0.2, 0.25) is 0 Å². The van der Waals surface area contributed by atoms with Gasteiger partial charge in [0.25, 0.3) is 0 Å². The topological polar surface area (TPSA) is 40.5 Å². The highest BCUT2D eigenvalue weighted by molar-refractivity contribution is 5.22. The van der Waals surface area contributed by atoms with Gasteiger partial charge in [-0.25, -0.2) is 0 Å². The van der Waals surface area contributed by atoms with Crippen LogP contribution in [0.4, 0.5) is 26.3 Å². The Hall–Kier alpha value is -1.28. The number of rotatable bonds is 22. The number of hydrogen-bond acceptors (Lipinski definition) is 2. The SMILES string of the molecule is O[C@H](CCCCCCCCCCc1ccc(CCCCCCCCCC[C@@H](O)C(F)(F)F)cc1)C(F)(F)F. The van der Waals surface area contributed by atoms with E-state index in [9.17, 15) is 26.3 Å². The number of hydrogen-bond donors (Lipinski definition) is 2. The van der Waals surface area contributed by atoms with Crippen LogP contribution < -0.4 is 0 Å². The first-order valence-electron chi connectivity index (χ1n) is 14.6. The summed E-state index contributed by atoms with van der Waals surface area (Å²) >= 11 is 0. The van der Waals surface area contributed by atoms with E-state index < -0.39 is 24.6 Å². The van der Waals surface area contributed by atoms with Gasteiger partial charge in [0, 0.05) is 0 Å². The van der Waals surface area contributed by atoms with Crippen LogP contribution in [-0.2, 0) is 12.8 Å². The lowest BCUT2D eigenvalue weighted by atomic mass is 10.0. The molecule has 0 spiro atoms.